The van der Waals surface area contributed by atoms with E-state index in [4.69, 9.17) is 18.6 Å². The third-order valence-corrected chi connectivity index (χ3v) is 4.51. The number of nitrogens with zero attached hydrogens (tertiary/aromatic N) is 2. The Morgan fingerprint density at radius 2 is 1.85 bits per heavy atom. The fraction of sp³-hybridized carbons (Fsp3) is 0.333. The highest BCUT2D eigenvalue weighted by Crippen LogP contribution is 2.34. The number of ether oxygens (including phenoxy) is 3. The van der Waals surface area contributed by atoms with Crippen LogP contribution in [0.15, 0.2) is 28.7 Å². The molecule has 3 aromatic rings. The molecule has 0 saturated carbocycles. The lowest BCUT2D eigenvalue weighted by atomic mass is 10.2. The Labute approximate surface area is 148 Å². The molecule has 0 N–H and O–H groups in total. The summed E-state index contributed by atoms with van der Waals surface area (Å²) in [6, 6.07) is 6.87. The maximum atomic E-state index is 12.7. The Morgan fingerprint density at radius 3 is 2.54 bits per heavy atom. The Morgan fingerprint density at radius 1 is 1.08 bits per heavy atom. The Hall–Kier alpha value is -3.00. The summed E-state index contributed by atoms with van der Waals surface area (Å²) in [6.45, 7) is 2.03. The zero-order chi connectivity index (χ0) is 18.3. The van der Waals surface area contributed by atoms with Crippen LogP contribution in [0.3, 0.4) is 0 Å². The molecule has 0 radical (unpaired) electrons. The van der Waals surface area contributed by atoms with E-state index in [0.29, 0.717) is 54.1 Å². The third-order valence-electron chi connectivity index (χ3n) is 4.51. The molecule has 1 aliphatic heterocycles. The van der Waals surface area contributed by atoms with Gasteiger partial charge >= 0.3 is 6.09 Å². The molecule has 0 unspecified atom stereocenters. The van der Waals surface area contributed by atoms with E-state index in [1.165, 1.54) is 11.7 Å². The molecule has 0 atom stereocenters. The van der Waals surface area contributed by atoms with E-state index < -0.39 is 6.09 Å². The summed E-state index contributed by atoms with van der Waals surface area (Å²) >= 11 is 0. The van der Waals surface area contributed by atoms with Crippen molar-refractivity contribution in [1.29, 1.82) is 0 Å². The lowest BCUT2D eigenvalue weighted by molar-refractivity contribution is 0.0284. The number of hydrogen-bond donors (Lipinski definition) is 0. The molecule has 26 heavy (non-hydrogen) atoms. The molecule has 136 valence electrons. The van der Waals surface area contributed by atoms with Gasteiger partial charge in [0.15, 0.2) is 11.3 Å². The first kappa shape index (κ1) is 16.5. The van der Waals surface area contributed by atoms with Crippen molar-refractivity contribution in [3.63, 3.8) is 0 Å². The van der Waals surface area contributed by atoms with Gasteiger partial charge in [0.2, 0.25) is 0 Å². The van der Waals surface area contributed by atoms with Crippen molar-refractivity contribution < 1.29 is 28.2 Å². The quantitative estimate of drug-likeness (QED) is 0.700. The number of methoxy groups -OCH3 is 2. The number of fused-ring (bicyclic) bond motifs is 3. The van der Waals surface area contributed by atoms with Crippen molar-refractivity contribution in [2.24, 2.45) is 0 Å². The van der Waals surface area contributed by atoms with Gasteiger partial charge in [-0.15, -0.1) is 0 Å². The van der Waals surface area contributed by atoms with Gasteiger partial charge in [0.05, 0.1) is 38.5 Å². The molecule has 1 aromatic carbocycles. The van der Waals surface area contributed by atoms with Crippen LogP contribution in [0.25, 0.3) is 22.0 Å². The summed E-state index contributed by atoms with van der Waals surface area (Å²) in [4.78, 5) is 26.7. The number of furan rings is 1. The lowest BCUT2D eigenvalue weighted by Gasteiger charge is -2.25. The van der Waals surface area contributed by atoms with Gasteiger partial charge in [0.1, 0.15) is 5.75 Å². The summed E-state index contributed by atoms with van der Waals surface area (Å²) in [7, 11) is 2.86. The summed E-state index contributed by atoms with van der Waals surface area (Å²) in [5.74, 6) is 0.572. The Kier molecular flexibility index (Phi) is 4.04. The average Bonchev–Trinajstić information content (AvgIpc) is 3.24. The molecule has 3 heterocycles. The van der Waals surface area contributed by atoms with E-state index >= 15 is 0 Å². The van der Waals surface area contributed by atoms with Gasteiger partial charge < -0.3 is 23.5 Å². The summed E-state index contributed by atoms with van der Waals surface area (Å²) in [6.07, 6.45) is -0.565. The minimum Gasteiger partial charge on any atom is -0.497 e. The van der Waals surface area contributed by atoms with Crippen molar-refractivity contribution in [3.8, 4) is 5.75 Å². The third kappa shape index (κ3) is 2.50. The zero-order valence-electron chi connectivity index (χ0n) is 14.5. The molecule has 0 spiro atoms. The maximum Gasteiger partial charge on any atom is 0.418 e. The molecular weight excluding hydrogens is 340 g/mol. The molecule has 2 aromatic heterocycles. The molecule has 0 aliphatic carbocycles. The second-order valence-corrected chi connectivity index (χ2v) is 5.92. The standard InChI is InChI=1S/C18H18N2O6/c1-23-11-3-4-12-13(9-11)20(18(22)24-2)14-10-15(26-16(12)14)17(21)19-5-7-25-8-6-19/h3-4,9-10H,5-8H2,1-2H3. The van der Waals surface area contributed by atoms with Crippen LogP contribution in [0.2, 0.25) is 0 Å². The molecule has 1 fully saturated rings. The van der Waals surface area contributed by atoms with Crippen LogP contribution in [0.4, 0.5) is 4.79 Å². The topological polar surface area (TPSA) is 83.1 Å². The van der Waals surface area contributed by atoms with Crippen molar-refractivity contribution in [1.82, 2.24) is 9.47 Å². The smallest absolute Gasteiger partial charge is 0.418 e. The van der Waals surface area contributed by atoms with E-state index in [0.717, 1.165) is 0 Å². The van der Waals surface area contributed by atoms with Crippen molar-refractivity contribution >= 4 is 34.0 Å². The van der Waals surface area contributed by atoms with Gasteiger partial charge in [-0.3, -0.25) is 4.79 Å². The molecule has 1 aliphatic rings. The Bertz CT molecular complexity index is 996. The van der Waals surface area contributed by atoms with Crippen LogP contribution in [0, 0.1) is 0 Å². The number of carbonyl (C=O) groups excluding carboxylic acids is 2. The van der Waals surface area contributed by atoms with Crippen LogP contribution in [-0.2, 0) is 9.47 Å². The van der Waals surface area contributed by atoms with Gasteiger partial charge in [-0.25, -0.2) is 9.36 Å². The van der Waals surface area contributed by atoms with E-state index in [9.17, 15) is 9.59 Å². The molecule has 1 saturated heterocycles. The highest BCUT2D eigenvalue weighted by atomic mass is 16.5. The molecule has 8 nitrogen and oxygen atoms in total. The average molecular weight is 358 g/mol. The maximum absolute atomic E-state index is 12.7. The van der Waals surface area contributed by atoms with Gasteiger partial charge in [-0.2, -0.15) is 0 Å². The first-order chi connectivity index (χ1) is 12.6. The van der Waals surface area contributed by atoms with Crippen LogP contribution in [0.5, 0.6) is 5.75 Å². The van der Waals surface area contributed by atoms with Gasteiger partial charge in [0, 0.05) is 30.6 Å². The highest BCUT2D eigenvalue weighted by molar-refractivity contribution is 6.12. The molecule has 4 rings (SSSR count). The SMILES string of the molecule is COC(=O)n1c2cc(OC)ccc2c2oc(C(=O)N3CCOCC3)cc21. The predicted octanol–water partition coefficient (Wildman–Crippen LogP) is 2.48. The van der Waals surface area contributed by atoms with E-state index in [-0.39, 0.29) is 11.7 Å². The van der Waals surface area contributed by atoms with Crippen LogP contribution in [-0.4, -0.2) is 62.0 Å². The largest absolute Gasteiger partial charge is 0.497 e. The predicted molar refractivity (Wildman–Crippen MR) is 92.8 cm³/mol. The number of morpholine rings is 1. The summed E-state index contributed by atoms with van der Waals surface area (Å²) < 4.78 is 22.6. The minimum atomic E-state index is -0.565. The normalized spacial score (nSPS) is 14.8. The molecule has 0 bridgehead atoms. The second kappa shape index (κ2) is 6.38. The first-order valence-corrected chi connectivity index (χ1v) is 8.21. The van der Waals surface area contributed by atoms with Gasteiger partial charge in [0.25, 0.3) is 5.91 Å². The number of aromatic nitrogens is 1. The minimum absolute atomic E-state index is 0.187. The summed E-state index contributed by atoms with van der Waals surface area (Å²) in [5.41, 5.74) is 1.54. The monoisotopic (exact) mass is 358 g/mol. The van der Waals surface area contributed by atoms with Crippen LogP contribution >= 0.6 is 0 Å². The number of rotatable bonds is 2. The van der Waals surface area contributed by atoms with Crippen molar-refractivity contribution in [2.45, 2.75) is 0 Å². The molecular formula is C18H18N2O6. The highest BCUT2D eigenvalue weighted by Gasteiger charge is 2.26. The number of amides is 1. The first-order valence-electron chi connectivity index (χ1n) is 8.21. The number of hydrogen-bond acceptors (Lipinski definition) is 6. The molecule has 1 amide bonds. The van der Waals surface area contributed by atoms with Crippen LogP contribution < -0.4 is 4.74 Å². The Balaban J connectivity index is 1.87. The van der Waals surface area contributed by atoms with Gasteiger partial charge in [-0.05, 0) is 12.1 Å². The fourth-order valence-corrected chi connectivity index (χ4v) is 3.20. The van der Waals surface area contributed by atoms with Gasteiger partial charge in [-0.1, -0.05) is 0 Å². The van der Waals surface area contributed by atoms with Crippen LogP contribution in [0.1, 0.15) is 10.6 Å². The number of carbonyl (C=O) groups is 2. The summed E-state index contributed by atoms with van der Waals surface area (Å²) in [5, 5.41) is 0.701. The fourth-order valence-electron chi connectivity index (χ4n) is 3.20. The lowest BCUT2D eigenvalue weighted by Crippen LogP contribution is -2.40. The molecule has 8 heteroatoms. The number of benzene rings is 1. The van der Waals surface area contributed by atoms with E-state index in [1.54, 1.807) is 36.3 Å². The van der Waals surface area contributed by atoms with E-state index in [2.05, 4.69) is 0 Å². The van der Waals surface area contributed by atoms with Crippen molar-refractivity contribution in [2.75, 3.05) is 40.5 Å². The zero-order valence-corrected chi connectivity index (χ0v) is 14.5. The van der Waals surface area contributed by atoms with E-state index in [1.807, 2.05) is 0 Å². The van der Waals surface area contributed by atoms with Crippen molar-refractivity contribution in [3.05, 3.63) is 30.0 Å². The second-order valence-electron chi connectivity index (χ2n) is 5.92.